The van der Waals surface area contributed by atoms with Crippen molar-refractivity contribution >= 4 is 27.6 Å². The molecule has 1 unspecified atom stereocenters. The highest BCUT2D eigenvalue weighted by Crippen LogP contribution is 2.36. The quantitative estimate of drug-likeness (QED) is 0.898. The van der Waals surface area contributed by atoms with Gasteiger partial charge in [-0.15, -0.1) is 0 Å². The molecule has 1 aliphatic rings. The van der Waals surface area contributed by atoms with Gasteiger partial charge in [0.1, 0.15) is 5.82 Å². The first-order valence-corrected chi connectivity index (χ1v) is 7.47. The zero-order chi connectivity index (χ0) is 15.0. The number of aliphatic imine (C=N–C) groups is 1. The first-order valence-electron chi connectivity index (χ1n) is 6.67. The molecule has 0 fully saturated rings. The molecule has 0 saturated carbocycles. The Morgan fingerprint density at radius 1 is 1.29 bits per heavy atom. The van der Waals surface area contributed by atoms with Crippen LogP contribution in [-0.2, 0) is 0 Å². The lowest BCUT2D eigenvalue weighted by Crippen LogP contribution is -2.36. The summed E-state index contributed by atoms with van der Waals surface area (Å²) in [6.45, 7) is 2.54. The zero-order valence-electron chi connectivity index (χ0n) is 11.6. The van der Waals surface area contributed by atoms with Gasteiger partial charge in [-0.3, -0.25) is 4.99 Å². The number of nitrogens with zero attached hydrogens (tertiary/aromatic N) is 2. The lowest BCUT2D eigenvalue weighted by molar-refractivity contribution is 0.620. The van der Waals surface area contributed by atoms with Gasteiger partial charge in [-0.05, 0) is 42.3 Å². The molecule has 1 atom stereocenters. The van der Waals surface area contributed by atoms with Gasteiger partial charge in [-0.2, -0.15) is 0 Å². The van der Waals surface area contributed by atoms with Gasteiger partial charge in [0.25, 0.3) is 0 Å². The average molecular weight is 348 g/mol. The average Bonchev–Trinajstić information content (AvgIpc) is 2.84. The smallest absolute Gasteiger partial charge is 0.196 e. The van der Waals surface area contributed by atoms with Crippen LogP contribution in [0.25, 0.3) is 0 Å². The molecule has 0 radical (unpaired) electrons. The molecule has 5 heteroatoms. The van der Waals surface area contributed by atoms with Gasteiger partial charge < -0.3 is 10.6 Å². The molecule has 0 aliphatic carbocycles. The summed E-state index contributed by atoms with van der Waals surface area (Å²) in [7, 11) is 0. The van der Waals surface area contributed by atoms with Crippen molar-refractivity contribution in [1.82, 2.24) is 0 Å². The number of benzene rings is 2. The molecule has 2 N–H and O–H groups in total. The van der Waals surface area contributed by atoms with Gasteiger partial charge in [0.05, 0.1) is 12.6 Å². The minimum absolute atomic E-state index is 0.101. The van der Waals surface area contributed by atoms with Gasteiger partial charge in [0.2, 0.25) is 0 Å². The molecule has 1 heterocycles. The van der Waals surface area contributed by atoms with Gasteiger partial charge in [0, 0.05) is 10.2 Å². The van der Waals surface area contributed by atoms with E-state index in [2.05, 4.69) is 20.9 Å². The molecule has 1 aliphatic heterocycles. The number of rotatable bonds is 2. The molecule has 3 nitrogen and oxygen atoms in total. The fraction of sp³-hybridized carbons (Fsp3) is 0.188. The Hall–Kier alpha value is -1.88. The van der Waals surface area contributed by atoms with Crippen molar-refractivity contribution < 1.29 is 4.39 Å². The number of guanidine groups is 1. The fourth-order valence-electron chi connectivity index (χ4n) is 2.63. The molecule has 0 saturated heterocycles. The van der Waals surface area contributed by atoms with Crippen LogP contribution in [0.5, 0.6) is 0 Å². The van der Waals surface area contributed by atoms with E-state index in [1.165, 1.54) is 12.1 Å². The van der Waals surface area contributed by atoms with Crippen molar-refractivity contribution in [3.63, 3.8) is 0 Å². The molecule has 2 aromatic carbocycles. The van der Waals surface area contributed by atoms with Crippen molar-refractivity contribution in [2.75, 3.05) is 11.4 Å². The highest BCUT2D eigenvalue weighted by Gasteiger charge is 2.31. The molecular formula is C16H15BrFN3. The van der Waals surface area contributed by atoms with Gasteiger partial charge >= 0.3 is 0 Å². The van der Waals surface area contributed by atoms with E-state index < -0.39 is 0 Å². The van der Waals surface area contributed by atoms with Crippen molar-refractivity contribution in [2.24, 2.45) is 10.7 Å². The number of anilines is 1. The fourth-order valence-corrected chi connectivity index (χ4v) is 3.14. The van der Waals surface area contributed by atoms with Crippen LogP contribution < -0.4 is 10.6 Å². The number of para-hydroxylation sites is 1. The summed E-state index contributed by atoms with van der Waals surface area (Å²) >= 11 is 3.49. The number of aryl methyl sites for hydroxylation is 1. The van der Waals surface area contributed by atoms with E-state index in [1.54, 1.807) is 6.07 Å². The third-order valence-corrected chi connectivity index (χ3v) is 4.40. The normalized spacial score (nSPS) is 18.0. The third-order valence-electron chi connectivity index (χ3n) is 3.68. The van der Waals surface area contributed by atoms with Crippen molar-refractivity contribution in [1.29, 1.82) is 0 Å². The second-order valence-electron chi connectivity index (χ2n) is 5.04. The molecule has 21 heavy (non-hydrogen) atoms. The van der Waals surface area contributed by atoms with Gasteiger partial charge in [-0.1, -0.05) is 34.1 Å². The van der Waals surface area contributed by atoms with Crippen LogP contribution in [-0.4, -0.2) is 12.5 Å². The minimum atomic E-state index is -0.261. The van der Waals surface area contributed by atoms with Crippen LogP contribution in [0.2, 0.25) is 0 Å². The summed E-state index contributed by atoms with van der Waals surface area (Å²) in [5, 5.41) is 0. The lowest BCUT2D eigenvalue weighted by Gasteiger charge is -2.28. The molecule has 0 spiro atoms. The standard InChI is InChI=1S/C16H15BrFN3/c1-10-4-2-3-5-14(10)21-15(9-20-16(21)19)12-8-11(18)6-7-13(12)17/h2-8,15H,9H2,1H3,(H2,19,20). The molecule has 3 rings (SSSR count). The van der Waals surface area contributed by atoms with Gasteiger partial charge in [-0.25, -0.2) is 4.39 Å². The van der Waals surface area contributed by atoms with E-state index in [0.717, 1.165) is 21.3 Å². The van der Waals surface area contributed by atoms with Crippen LogP contribution in [0.3, 0.4) is 0 Å². The molecule has 0 amide bonds. The molecule has 2 aromatic rings. The highest BCUT2D eigenvalue weighted by molar-refractivity contribution is 9.10. The maximum Gasteiger partial charge on any atom is 0.196 e. The maximum atomic E-state index is 13.6. The molecule has 0 aromatic heterocycles. The Balaban J connectivity index is 2.07. The van der Waals surface area contributed by atoms with E-state index in [9.17, 15) is 4.39 Å². The van der Waals surface area contributed by atoms with Crippen LogP contribution in [0.15, 0.2) is 51.9 Å². The van der Waals surface area contributed by atoms with Crippen molar-refractivity contribution in [3.8, 4) is 0 Å². The predicted octanol–water partition coefficient (Wildman–Crippen LogP) is 3.77. The van der Waals surface area contributed by atoms with Gasteiger partial charge in [0.15, 0.2) is 5.96 Å². The summed E-state index contributed by atoms with van der Waals surface area (Å²) in [4.78, 5) is 6.31. The van der Waals surface area contributed by atoms with Crippen molar-refractivity contribution in [3.05, 3.63) is 63.9 Å². The van der Waals surface area contributed by atoms with E-state index in [4.69, 9.17) is 5.73 Å². The topological polar surface area (TPSA) is 41.6 Å². The largest absolute Gasteiger partial charge is 0.369 e. The summed E-state index contributed by atoms with van der Waals surface area (Å²) in [6, 6.07) is 12.6. The molecule has 0 bridgehead atoms. The Bertz CT molecular complexity index is 714. The summed E-state index contributed by atoms with van der Waals surface area (Å²) in [6.07, 6.45) is 0. The van der Waals surface area contributed by atoms with Crippen LogP contribution >= 0.6 is 15.9 Å². The van der Waals surface area contributed by atoms with Crippen LogP contribution in [0, 0.1) is 12.7 Å². The lowest BCUT2D eigenvalue weighted by atomic mass is 10.0. The monoisotopic (exact) mass is 347 g/mol. The minimum Gasteiger partial charge on any atom is -0.369 e. The Morgan fingerprint density at radius 2 is 2.05 bits per heavy atom. The first kappa shape index (κ1) is 14.1. The summed E-state index contributed by atoms with van der Waals surface area (Å²) in [5.41, 5.74) is 9.02. The Morgan fingerprint density at radius 3 is 2.81 bits per heavy atom. The number of halogens is 2. The second-order valence-corrected chi connectivity index (χ2v) is 5.89. The summed E-state index contributed by atoms with van der Waals surface area (Å²) < 4.78 is 14.5. The first-order chi connectivity index (χ1) is 10.1. The highest BCUT2D eigenvalue weighted by atomic mass is 79.9. The Kier molecular flexibility index (Phi) is 3.68. The second kappa shape index (κ2) is 5.48. The van der Waals surface area contributed by atoms with E-state index in [1.807, 2.05) is 36.1 Å². The van der Waals surface area contributed by atoms with E-state index >= 15 is 0 Å². The van der Waals surface area contributed by atoms with Crippen LogP contribution in [0.4, 0.5) is 10.1 Å². The molecule has 108 valence electrons. The molecular weight excluding hydrogens is 333 g/mol. The SMILES string of the molecule is Cc1ccccc1N1C(N)=NCC1c1cc(F)ccc1Br. The number of hydrogen-bond acceptors (Lipinski definition) is 3. The predicted molar refractivity (Wildman–Crippen MR) is 87.0 cm³/mol. The maximum absolute atomic E-state index is 13.6. The van der Waals surface area contributed by atoms with E-state index in [0.29, 0.717) is 12.5 Å². The Labute approximate surface area is 131 Å². The van der Waals surface area contributed by atoms with Crippen molar-refractivity contribution in [2.45, 2.75) is 13.0 Å². The number of nitrogens with two attached hydrogens (primary N) is 1. The number of hydrogen-bond donors (Lipinski definition) is 1. The van der Waals surface area contributed by atoms with Crippen LogP contribution in [0.1, 0.15) is 17.2 Å². The van der Waals surface area contributed by atoms with E-state index in [-0.39, 0.29) is 11.9 Å². The zero-order valence-corrected chi connectivity index (χ0v) is 13.1. The third kappa shape index (κ3) is 2.53. The summed E-state index contributed by atoms with van der Waals surface area (Å²) in [5.74, 6) is 0.203.